The van der Waals surface area contributed by atoms with Crippen LogP contribution in [-0.4, -0.2) is 60.4 Å². The van der Waals surface area contributed by atoms with Gasteiger partial charge in [-0.3, -0.25) is 9.67 Å². The highest BCUT2D eigenvalue weighted by Gasteiger charge is 2.02. The highest BCUT2D eigenvalue weighted by molar-refractivity contribution is 14.0. The molecule has 0 amide bonds. The van der Waals surface area contributed by atoms with E-state index in [2.05, 4.69) is 57.1 Å². The molecule has 0 saturated heterocycles. The van der Waals surface area contributed by atoms with Crippen molar-refractivity contribution in [3.8, 4) is 0 Å². The van der Waals surface area contributed by atoms with Gasteiger partial charge in [-0.05, 0) is 39.4 Å². The summed E-state index contributed by atoms with van der Waals surface area (Å²) in [4.78, 5) is 6.65. The number of nitrogens with zero attached hydrogens (tertiary/aromatic N) is 4. The van der Waals surface area contributed by atoms with Crippen LogP contribution in [-0.2, 0) is 6.54 Å². The van der Waals surface area contributed by atoms with Crippen LogP contribution in [0.4, 0.5) is 0 Å². The van der Waals surface area contributed by atoms with Gasteiger partial charge in [-0.1, -0.05) is 13.8 Å². The number of hydrogen-bond acceptors (Lipinski definition) is 3. The lowest BCUT2D eigenvalue weighted by Gasteiger charge is -2.19. The van der Waals surface area contributed by atoms with Crippen molar-refractivity contribution in [2.24, 2.45) is 4.99 Å². The second-order valence-electron chi connectivity index (χ2n) is 5.46. The number of guanidine groups is 1. The van der Waals surface area contributed by atoms with Gasteiger partial charge in [0.05, 0.1) is 5.69 Å². The van der Waals surface area contributed by atoms with Gasteiger partial charge in [0.15, 0.2) is 5.96 Å². The number of rotatable bonds is 9. The zero-order chi connectivity index (χ0) is 16.4. The summed E-state index contributed by atoms with van der Waals surface area (Å²) >= 11 is 0. The smallest absolute Gasteiger partial charge is 0.191 e. The second kappa shape index (κ2) is 12.6. The maximum atomic E-state index is 4.47. The third kappa shape index (κ3) is 8.55. The molecule has 23 heavy (non-hydrogen) atoms. The molecule has 0 unspecified atom stereocenters. The van der Waals surface area contributed by atoms with Gasteiger partial charge in [0, 0.05) is 38.9 Å². The van der Waals surface area contributed by atoms with Gasteiger partial charge in [0.1, 0.15) is 0 Å². The molecule has 0 spiro atoms. The average molecular weight is 436 g/mol. The van der Waals surface area contributed by atoms with Gasteiger partial charge < -0.3 is 15.5 Å². The summed E-state index contributed by atoms with van der Waals surface area (Å²) in [5, 5.41) is 11.2. The van der Waals surface area contributed by atoms with Crippen LogP contribution < -0.4 is 10.6 Å². The van der Waals surface area contributed by atoms with E-state index in [1.807, 2.05) is 14.0 Å². The Labute approximate surface area is 158 Å². The molecule has 134 valence electrons. The lowest BCUT2D eigenvalue weighted by Crippen LogP contribution is -2.42. The lowest BCUT2D eigenvalue weighted by atomic mass is 10.4. The Morgan fingerprint density at radius 1 is 1.22 bits per heavy atom. The Balaban J connectivity index is 0.00000484. The maximum absolute atomic E-state index is 4.47. The number of halogens is 1. The van der Waals surface area contributed by atoms with Crippen molar-refractivity contribution in [1.82, 2.24) is 25.3 Å². The third-order valence-corrected chi connectivity index (χ3v) is 3.78. The predicted octanol–water partition coefficient (Wildman–Crippen LogP) is 2.01. The molecule has 0 aromatic carbocycles. The van der Waals surface area contributed by atoms with E-state index in [0.29, 0.717) is 0 Å². The molecular weight excluding hydrogens is 403 g/mol. The first-order chi connectivity index (χ1) is 10.6. The fourth-order valence-electron chi connectivity index (χ4n) is 2.43. The molecule has 0 aliphatic carbocycles. The molecule has 1 heterocycles. The van der Waals surface area contributed by atoms with Crippen molar-refractivity contribution in [3.63, 3.8) is 0 Å². The minimum atomic E-state index is 0. The van der Waals surface area contributed by atoms with Crippen LogP contribution in [0.5, 0.6) is 0 Å². The first-order valence-electron chi connectivity index (χ1n) is 8.28. The molecule has 1 aromatic heterocycles. The van der Waals surface area contributed by atoms with Gasteiger partial charge in [-0.25, -0.2) is 0 Å². The molecular formula is C16H33IN6. The molecule has 0 aliphatic heterocycles. The van der Waals surface area contributed by atoms with Crippen LogP contribution >= 0.6 is 24.0 Å². The van der Waals surface area contributed by atoms with Gasteiger partial charge in [-0.2, -0.15) is 5.10 Å². The number of aryl methyl sites for hydroxylation is 3. The zero-order valence-electron chi connectivity index (χ0n) is 15.2. The first kappa shape index (κ1) is 22.2. The molecule has 2 N–H and O–H groups in total. The largest absolute Gasteiger partial charge is 0.356 e. The van der Waals surface area contributed by atoms with Gasteiger partial charge >= 0.3 is 0 Å². The van der Waals surface area contributed by atoms with Crippen LogP contribution in [0.25, 0.3) is 0 Å². The average Bonchev–Trinajstić information content (AvgIpc) is 2.83. The summed E-state index contributed by atoms with van der Waals surface area (Å²) in [6.45, 7) is 14.5. The molecule has 1 aromatic rings. The summed E-state index contributed by atoms with van der Waals surface area (Å²) in [6, 6.07) is 2.11. The molecule has 0 bridgehead atoms. The van der Waals surface area contributed by atoms with E-state index >= 15 is 0 Å². The fraction of sp³-hybridized carbons (Fsp3) is 0.750. The Bertz CT molecular complexity index is 453. The van der Waals surface area contributed by atoms with E-state index < -0.39 is 0 Å². The topological polar surface area (TPSA) is 57.5 Å². The third-order valence-electron chi connectivity index (χ3n) is 3.78. The van der Waals surface area contributed by atoms with Crippen LogP contribution in [0.3, 0.4) is 0 Å². The highest BCUT2D eigenvalue weighted by atomic mass is 127. The molecule has 0 fully saturated rings. The Morgan fingerprint density at radius 3 is 2.39 bits per heavy atom. The molecule has 7 heteroatoms. The van der Waals surface area contributed by atoms with Crippen LogP contribution in [0.15, 0.2) is 11.1 Å². The van der Waals surface area contributed by atoms with Crippen molar-refractivity contribution in [2.75, 3.05) is 39.8 Å². The van der Waals surface area contributed by atoms with E-state index in [9.17, 15) is 0 Å². The minimum absolute atomic E-state index is 0. The Morgan fingerprint density at radius 2 is 1.87 bits per heavy atom. The summed E-state index contributed by atoms with van der Waals surface area (Å²) in [5.74, 6) is 0.875. The number of aliphatic imine (C=N–C) groups is 1. The van der Waals surface area contributed by atoms with Crippen molar-refractivity contribution >= 4 is 29.9 Å². The monoisotopic (exact) mass is 436 g/mol. The van der Waals surface area contributed by atoms with E-state index in [1.165, 1.54) is 5.69 Å². The molecule has 0 atom stereocenters. The number of aromatic nitrogens is 2. The number of hydrogen-bond donors (Lipinski definition) is 2. The summed E-state index contributed by atoms with van der Waals surface area (Å²) < 4.78 is 2.06. The van der Waals surface area contributed by atoms with E-state index in [4.69, 9.17) is 0 Å². The molecule has 0 radical (unpaired) electrons. The van der Waals surface area contributed by atoms with Crippen molar-refractivity contribution in [2.45, 2.75) is 40.7 Å². The van der Waals surface area contributed by atoms with Gasteiger partial charge in [-0.15, -0.1) is 24.0 Å². The van der Waals surface area contributed by atoms with Gasteiger partial charge in [0.25, 0.3) is 0 Å². The van der Waals surface area contributed by atoms with E-state index in [1.54, 1.807) is 0 Å². The lowest BCUT2D eigenvalue weighted by molar-refractivity contribution is 0.308. The van der Waals surface area contributed by atoms with E-state index in [0.717, 1.165) is 57.3 Å². The van der Waals surface area contributed by atoms with Crippen LogP contribution in [0.2, 0.25) is 0 Å². The highest BCUT2D eigenvalue weighted by Crippen LogP contribution is 2.02. The minimum Gasteiger partial charge on any atom is -0.356 e. The SMILES string of the molecule is CCN(CC)CCNC(=NC)NCCCn1nc(C)cc1C.I. The van der Waals surface area contributed by atoms with Crippen LogP contribution in [0.1, 0.15) is 31.7 Å². The standard InChI is InChI=1S/C16H32N6.HI/c1-6-21(7-2)12-10-19-16(17-5)18-9-8-11-22-15(4)13-14(3)20-22;/h13H,6-12H2,1-5H3,(H2,17,18,19);1H. The molecule has 0 saturated carbocycles. The van der Waals surface area contributed by atoms with Crippen molar-refractivity contribution < 1.29 is 0 Å². The predicted molar refractivity (Wildman–Crippen MR) is 109 cm³/mol. The number of likely N-dealkylation sites (N-methyl/N-ethyl adjacent to an activating group) is 1. The van der Waals surface area contributed by atoms with Gasteiger partial charge in [0.2, 0.25) is 0 Å². The van der Waals surface area contributed by atoms with Crippen molar-refractivity contribution in [1.29, 1.82) is 0 Å². The molecule has 6 nitrogen and oxygen atoms in total. The fourth-order valence-corrected chi connectivity index (χ4v) is 2.43. The maximum Gasteiger partial charge on any atom is 0.191 e. The quantitative estimate of drug-likeness (QED) is 0.269. The van der Waals surface area contributed by atoms with E-state index in [-0.39, 0.29) is 24.0 Å². The summed E-state index contributed by atoms with van der Waals surface area (Å²) in [6.07, 6.45) is 1.03. The number of nitrogens with one attached hydrogen (secondary N) is 2. The first-order valence-corrected chi connectivity index (χ1v) is 8.28. The molecule has 1 rings (SSSR count). The summed E-state index contributed by atoms with van der Waals surface area (Å²) in [7, 11) is 1.81. The summed E-state index contributed by atoms with van der Waals surface area (Å²) in [5.41, 5.74) is 2.30. The van der Waals surface area contributed by atoms with Crippen LogP contribution in [0, 0.1) is 13.8 Å². The normalized spacial score (nSPS) is 11.5. The zero-order valence-corrected chi connectivity index (χ0v) is 17.6. The second-order valence-corrected chi connectivity index (χ2v) is 5.46. The molecule has 0 aliphatic rings. The van der Waals surface area contributed by atoms with Crippen molar-refractivity contribution in [3.05, 3.63) is 17.5 Å². The Kier molecular flexibility index (Phi) is 12.1. The Hall–Kier alpha value is -0.830.